The summed E-state index contributed by atoms with van der Waals surface area (Å²) in [7, 11) is 0. The molecular formula is C21H15ClN4O2S. The van der Waals surface area contributed by atoms with E-state index in [1.807, 2.05) is 30.3 Å². The van der Waals surface area contributed by atoms with Gasteiger partial charge in [-0.25, -0.2) is 4.98 Å². The predicted molar refractivity (Wildman–Crippen MR) is 115 cm³/mol. The van der Waals surface area contributed by atoms with E-state index in [0.717, 1.165) is 10.9 Å². The van der Waals surface area contributed by atoms with E-state index in [1.165, 1.54) is 24.2 Å². The predicted octanol–water partition coefficient (Wildman–Crippen LogP) is 5.12. The molecule has 144 valence electrons. The quantitative estimate of drug-likeness (QED) is 0.306. The van der Waals surface area contributed by atoms with Crippen LogP contribution < -0.4 is 5.32 Å². The van der Waals surface area contributed by atoms with Gasteiger partial charge >= 0.3 is 0 Å². The molecule has 6 nitrogen and oxygen atoms in total. The summed E-state index contributed by atoms with van der Waals surface area (Å²) in [6, 6.07) is 16.2. The summed E-state index contributed by atoms with van der Waals surface area (Å²) in [6.45, 7) is 0. The van der Waals surface area contributed by atoms with Crippen molar-refractivity contribution in [3.05, 3.63) is 77.6 Å². The van der Waals surface area contributed by atoms with Crippen molar-refractivity contribution in [1.82, 2.24) is 15.2 Å². The smallest absolute Gasteiger partial charge is 0.248 e. The van der Waals surface area contributed by atoms with E-state index in [1.54, 1.807) is 30.3 Å². The number of fused-ring (bicyclic) bond motifs is 1. The molecule has 1 aromatic heterocycles. The molecule has 8 heteroatoms. The number of aromatic hydroxyl groups is 1. The Morgan fingerprint density at radius 3 is 2.62 bits per heavy atom. The third-order valence-corrected chi connectivity index (χ3v) is 5.31. The van der Waals surface area contributed by atoms with Crippen LogP contribution in [0.5, 0.6) is 5.75 Å². The van der Waals surface area contributed by atoms with Crippen molar-refractivity contribution < 1.29 is 9.90 Å². The van der Waals surface area contributed by atoms with E-state index in [4.69, 9.17) is 11.6 Å². The van der Waals surface area contributed by atoms with Gasteiger partial charge in [-0.15, -0.1) is 0 Å². The summed E-state index contributed by atoms with van der Waals surface area (Å²) >= 11 is 7.11. The molecule has 0 spiro atoms. The second-order valence-electron chi connectivity index (χ2n) is 6.08. The molecule has 4 aromatic rings. The molecule has 0 radical (unpaired) electrons. The first-order valence-corrected chi connectivity index (χ1v) is 9.82. The lowest BCUT2D eigenvalue weighted by molar-refractivity contribution is -0.111. The Kier molecular flexibility index (Phi) is 5.50. The highest BCUT2D eigenvalue weighted by Crippen LogP contribution is 2.41. The summed E-state index contributed by atoms with van der Waals surface area (Å²) in [6.07, 6.45) is 4.55. The number of benzene rings is 3. The molecule has 0 saturated heterocycles. The number of aromatic nitrogens is 3. The van der Waals surface area contributed by atoms with Gasteiger partial charge in [-0.05, 0) is 41.6 Å². The minimum Gasteiger partial charge on any atom is -0.506 e. The molecule has 0 atom stereocenters. The first-order chi connectivity index (χ1) is 14.1. The van der Waals surface area contributed by atoms with Gasteiger partial charge in [0.15, 0.2) is 5.16 Å². The average molecular weight is 423 g/mol. The molecule has 4 rings (SSSR count). The fourth-order valence-electron chi connectivity index (χ4n) is 2.78. The van der Waals surface area contributed by atoms with E-state index in [0.29, 0.717) is 26.1 Å². The number of nitrogens with one attached hydrogen (secondary N) is 2. The van der Waals surface area contributed by atoms with E-state index in [2.05, 4.69) is 20.5 Å². The van der Waals surface area contributed by atoms with E-state index < -0.39 is 0 Å². The maximum atomic E-state index is 12.5. The van der Waals surface area contributed by atoms with Crippen molar-refractivity contribution in [3.8, 4) is 5.75 Å². The number of H-pyrrole nitrogens is 1. The van der Waals surface area contributed by atoms with Gasteiger partial charge in [0.05, 0.1) is 10.6 Å². The zero-order valence-corrected chi connectivity index (χ0v) is 16.5. The highest BCUT2D eigenvalue weighted by molar-refractivity contribution is 7.99. The van der Waals surface area contributed by atoms with Gasteiger partial charge < -0.3 is 10.4 Å². The molecule has 0 unspecified atom stereocenters. The lowest BCUT2D eigenvalue weighted by atomic mass is 10.1. The molecule has 0 aliphatic carbocycles. The zero-order valence-electron chi connectivity index (χ0n) is 15.0. The van der Waals surface area contributed by atoms with Crippen LogP contribution in [-0.4, -0.2) is 26.2 Å². The van der Waals surface area contributed by atoms with Gasteiger partial charge in [0, 0.05) is 21.9 Å². The highest BCUT2D eigenvalue weighted by atomic mass is 35.5. The number of aromatic amines is 1. The van der Waals surface area contributed by atoms with Gasteiger partial charge in [-0.1, -0.05) is 48.0 Å². The molecule has 1 amide bonds. The monoisotopic (exact) mass is 422 g/mol. The minimum absolute atomic E-state index is 0.122. The number of nitrogens with zero attached hydrogens (tertiary/aromatic N) is 2. The molecule has 3 N–H and O–H groups in total. The van der Waals surface area contributed by atoms with Crippen molar-refractivity contribution in [2.24, 2.45) is 0 Å². The van der Waals surface area contributed by atoms with Crippen molar-refractivity contribution >= 4 is 51.8 Å². The number of carbonyl (C=O) groups is 1. The van der Waals surface area contributed by atoms with Crippen LogP contribution in [0.2, 0.25) is 5.02 Å². The van der Waals surface area contributed by atoms with Crippen LogP contribution in [0.1, 0.15) is 5.56 Å². The lowest BCUT2D eigenvalue weighted by Gasteiger charge is -2.12. The SMILES string of the molecule is O=C(/C=C/c1ccc(Cl)cc1)Nc1cc(Sc2ncn[nH]2)c(O)c2ccccc12. The number of phenols is 1. The number of hydrogen-bond donors (Lipinski definition) is 3. The Hall–Kier alpha value is -3.29. The fourth-order valence-corrected chi connectivity index (χ4v) is 3.70. The molecule has 29 heavy (non-hydrogen) atoms. The first kappa shape index (κ1) is 19.0. The standard InChI is InChI=1S/C21H15ClN4O2S/c22-14-8-5-13(6-9-14)7-10-19(27)25-17-11-18(29-21-23-12-24-26-21)20(28)16-4-2-1-3-15(16)17/h1-12,28H,(H,25,27)(H,23,24,26)/b10-7+. The summed E-state index contributed by atoms with van der Waals surface area (Å²) in [5.74, 6) is -0.164. The van der Waals surface area contributed by atoms with Crippen molar-refractivity contribution in [3.63, 3.8) is 0 Å². The fraction of sp³-hybridized carbons (Fsp3) is 0. The summed E-state index contributed by atoms with van der Waals surface area (Å²) in [5, 5.41) is 22.7. The Bertz CT molecular complexity index is 1190. The number of hydrogen-bond acceptors (Lipinski definition) is 5. The van der Waals surface area contributed by atoms with E-state index >= 15 is 0 Å². The van der Waals surface area contributed by atoms with Crippen molar-refractivity contribution in [2.45, 2.75) is 10.1 Å². The van der Waals surface area contributed by atoms with Gasteiger partial charge in [0.1, 0.15) is 12.1 Å². The Morgan fingerprint density at radius 1 is 1.14 bits per heavy atom. The Balaban J connectivity index is 1.64. The number of phenolic OH excluding ortho intramolecular Hbond substituents is 1. The molecule has 0 aliphatic rings. The van der Waals surface area contributed by atoms with Crippen LogP contribution in [0.3, 0.4) is 0 Å². The molecule has 0 fully saturated rings. The summed E-state index contributed by atoms with van der Waals surface area (Å²) < 4.78 is 0. The van der Waals surface area contributed by atoms with Crippen molar-refractivity contribution in [2.75, 3.05) is 5.32 Å². The molecular weight excluding hydrogens is 408 g/mol. The molecule has 3 aromatic carbocycles. The second kappa shape index (κ2) is 8.38. The maximum absolute atomic E-state index is 12.5. The van der Waals surface area contributed by atoms with Crippen LogP contribution in [0, 0.1) is 0 Å². The van der Waals surface area contributed by atoms with Gasteiger partial charge in [-0.3, -0.25) is 9.89 Å². The Labute approximate surface area is 175 Å². The average Bonchev–Trinajstić information content (AvgIpc) is 3.24. The van der Waals surface area contributed by atoms with Crippen LogP contribution in [0.4, 0.5) is 5.69 Å². The van der Waals surface area contributed by atoms with Gasteiger partial charge in [0.2, 0.25) is 5.91 Å². The van der Waals surface area contributed by atoms with Crippen LogP contribution in [0.15, 0.2) is 77.1 Å². The topological polar surface area (TPSA) is 90.9 Å². The molecule has 1 heterocycles. The third-order valence-electron chi connectivity index (χ3n) is 4.14. The van der Waals surface area contributed by atoms with Crippen LogP contribution >= 0.6 is 23.4 Å². The van der Waals surface area contributed by atoms with E-state index in [9.17, 15) is 9.90 Å². The normalized spacial score (nSPS) is 11.2. The zero-order chi connectivity index (χ0) is 20.2. The maximum Gasteiger partial charge on any atom is 0.248 e. The van der Waals surface area contributed by atoms with E-state index in [-0.39, 0.29) is 11.7 Å². The summed E-state index contributed by atoms with van der Waals surface area (Å²) in [4.78, 5) is 17.1. The number of halogens is 1. The first-order valence-electron chi connectivity index (χ1n) is 8.63. The minimum atomic E-state index is -0.286. The number of amides is 1. The Morgan fingerprint density at radius 2 is 1.90 bits per heavy atom. The highest BCUT2D eigenvalue weighted by Gasteiger charge is 2.14. The third kappa shape index (κ3) is 4.42. The van der Waals surface area contributed by atoms with Crippen molar-refractivity contribution in [1.29, 1.82) is 0 Å². The number of rotatable bonds is 5. The number of carbonyl (C=O) groups excluding carboxylic acids is 1. The van der Waals surface area contributed by atoms with Gasteiger partial charge in [0.25, 0.3) is 0 Å². The van der Waals surface area contributed by atoms with Crippen LogP contribution in [0.25, 0.3) is 16.8 Å². The lowest BCUT2D eigenvalue weighted by Crippen LogP contribution is -2.08. The second-order valence-corrected chi connectivity index (χ2v) is 7.55. The molecule has 0 saturated carbocycles. The largest absolute Gasteiger partial charge is 0.506 e. The summed E-state index contributed by atoms with van der Waals surface area (Å²) in [5.41, 5.74) is 1.45. The van der Waals surface area contributed by atoms with Crippen LogP contribution in [-0.2, 0) is 4.79 Å². The molecule has 0 bridgehead atoms. The van der Waals surface area contributed by atoms with Gasteiger partial charge in [-0.2, -0.15) is 5.10 Å². The number of anilines is 1. The molecule has 0 aliphatic heterocycles.